The largest absolute Gasteiger partial charge is 0.396 e. The van der Waals surface area contributed by atoms with Crippen molar-refractivity contribution >= 4 is 22.7 Å². The van der Waals surface area contributed by atoms with Crippen molar-refractivity contribution in [2.45, 2.75) is 6.42 Å². The van der Waals surface area contributed by atoms with E-state index in [9.17, 15) is 0 Å². The molecular formula is C13H13NO. The fraction of sp³-hybridized carbons (Fsp3) is 0.154. The van der Waals surface area contributed by atoms with E-state index in [0.29, 0.717) is 6.42 Å². The summed E-state index contributed by atoms with van der Waals surface area (Å²) in [4.78, 5) is 4.26. The molecule has 2 nitrogen and oxygen atoms in total. The molecule has 2 heteroatoms. The van der Waals surface area contributed by atoms with E-state index >= 15 is 0 Å². The Bertz CT molecular complexity index is 477. The summed E-state index contributed by atoms with van der Waals surface area (Å²) in [5.74, 6) is 0. The fourth-order valence-corrected chi connectivity index (χ4v) is 1.48. The highest BCUT2D eigenvalue weighted by atomic mass is 16.2. The summed E-state index contributed by atoms with van der Waals surface area (Å²) in [5, 5.41) is 11.0. The molecule has 76 valence electrons. The number of fused-ring (bicyclic) bond motifs is 1. The van der Waals surface area contributed by atoms with Gasteiger partial charge in [-0.25, -0.2) is 0 Å². The zero-order valence-electron chi connectivity index (χ0n) is 8.43. The first-order valence-corrected chi connectivity index (χ1v) is 5.02. The van der Waals surface area contributed by atoms with E-state index in [2.05, 4.69) is 23.2 Å². The van der Waals surface area contributed by atoms with Gasteiger partial charge in [-0.2, -0.15) is 0 Å². The predicted molar refractivity (Wildman–Crippen MR) is 63.8 cm³/mol. The first kappa shape index (κ1) is 9.87. The van der Waals surface area contributed by atoms with Crippen molar-refractivity contribution in [3.63, 3.8) is 0 Å². The van der Waals surface area contributed by atoms with Gasteiger partial charge in [-0.05, 0) is 22.9 Å². The van der Waals surface area contributed by atoms with Crippen molar-refractivity contribution < 1.29 is 5.11 Å². The molecule has 2 aromatic carbocycles. The van der Waals surface area contributed by atoms with Crippen LogP contribution in [0.4, 0.5) is 5.69 Å². The second kappa shape index (κ2) is 4.71. The van der Waals surface area contributed by atoms with E-state index in [0.717, 1.165) is 5.69 Å². The summed E-state index contributed by atoms with van der Waals surface area (Å²) in [6.07, 6.45) is 2.34. The summed E-state index contributed by atoms with van der Waals surface area (Å²) in [6, 6.07) is 14.3. The van der Waals surface area contributed by atoms with E-state index in [4.69, 9.17) is 5.11 Å². The molecule has 0 saturated carbocycles. The predicted octanol–water partition coefficient (Wildman–Crippen LogP) is 2.92. The molecule has 0 bridgehead atoms. The highest BCUT2D eigenvalue weighted by molar-refractivity contribution is 5.85. The Labute approximate surface area is 88.9 Å². The molecule has 0 fully saturated rings. The van der Waals surface area contributed by atoms with E-state index in [1.807, 2.05) is 24.3 Å². The third-order valence-electron chi connectivity index (χ3n) is 2.23. The summed E-state index contributed by atoms with van der Waals surface area (Å²) >= 11 is 0. The molecule has 0 aliphatic heterocycles. The van der Waals surface area contributed by atoms with Crippen LogP contribution in [0.15, 0.2) is 47.5 Å². The van der Waals surface area contributed by atoms with Crippen molar-refractivity contribution in [2.24, 2.45) is 4.99 Å². The van der Waals surface area contributed by atoms with Gasteiger partial charge in [0.25, 0.3) is 0 Å². The Morgan fingerprint density at radius 3 is 2.67 bits per heavy atom. The van der Waals surface area contributed by atoms with E-state index in [1.54, 1.807) is 6.21 Å². The summed E-state index contributed by atoms with van der Waals surface area (Å²) in [5.41, 5.74) is 0.933. The van der Waals surface area contributed by atoms with Crippen molar-refractivity contribution in [3.05, 3.63) is 42.5 Å². The smallest absolute Gasteiger partial charge is 0.0632 e. The van der Waals surface area contributed by atoms with Crippen molar-refractivity contribution in [3.8, 4) is 0 Å². The molecule has 0 unspecified atom stereocenters. The topological polar surface area (TPSA) is 32.6 Å². The van der Waals surface area contributed by atoms with E-state index in [-0.39, 0.29) is 6.61 Å². The second-order valence-corrected chi connectivity index (χ2v) is 3.36. The maximum Gasteiger partial charge on any atom is 0.0632 e. The average molecular weight is 199 g/mol. The van der Waals surface area contributed by atoms with Gasteiger partial charge in [-0.3, -0.25) is 4.99 Å². The molecule has 1 N–H and O–H groups in total. The SMILES string of the molecule is OCCC=Nc1ccc2ccccc2c1. The number of rotatable bonds is 3. The van der Waals surface area contributed by atoms with Crippen LogP contribution in [0.25, 0.3) is 10.8 Å². The summed E-state index contributed by atoms with van der Waals surface area (Å²) < 4.78 is 0. The number of benzene rings is 2. The average Bonchev–Trinajstić information content (AvgIpc) is 2.29. The lowest BCUT2D eigenvalue weighted by Crippen LogP contribution is -1.81. The molecule has 0 amide bonds. The number of aliphatic imine (C=N–C) groups is 1. The molecule has 2 aromatic rings. The van der Waals surface area contributed by atoms with Crippen LogP contribution in [0, 0.1) is 0 Å². The molecule has 0 saturated heterocycles. The summed E-state index contributed by atoms with van der Waals surface area (Å²) in [6.45, 7) is 0.150. The van der Waals surface area contributed by atoms with Crippen LogP contribution >= 0.6 is 0 Å². The standard InChI is InChI=1S/C13H13NO/c15-9-3-8-14-13-7-6-11-4-1-2-5-12(11)10-13/h1-2,4-8,10,15H,3,9H2. The molecule has 0 aromatic heterocycles. The highest BCUT2D eigenvalue weighted by Gasteiger charge is 1.92. The Balaban J connectivity index is 2.30. The minimum atomic E-state index is 0.150. The lowest BCUT2D eigenvalue weighted by atomic mass is 10.1. The molecule has 0 heterocycles. The second-order valence-electron chi connectivity index (χ2n) is 3.36. The molecule has 0 aliphatic rings. The van der Waals surface area contributed by atoms with Gasteiger partial charge >= 0.3 is 0 Å². The van der Waals surface area contributed by atoms with Crippen molar-refractivity contribution in [2.75, 3.05) is 6.61 Å². The van der Waals surface area contributed by atoms with Gasteiger partial charge in [0.05, 0.1) is 5.69 Å². The molecule has 0 atom stereocenters. The number of aliphatic hydroxyl groups excluding tert-OH is 1. The number of aliphatic hydroxyl groups is 1. The quantitative estimate of drug-likeness (QED) is 0.757. The Morgan fingerprint density at radius 1 is 1.07 bits per heavy atom. The van der Waals surface area contributed by atoms with Crippen LogP contribution in [0.3, 0.4) is 0 Å². The van der Waals surface area contributed by atoms with E-state index < -0.39 is 0 Å². The maximum atomic E-state index is 8.62. The van der Waals surface area contributed by atoms with Gasteiger partial charge in [0, 0.05) is 19.2 Å². The Hall–Kier alpha value is -1.67. The van der Waals surface area contributed by atoms with Gasteiger partial charge < -0.3 is 5.11 Å². The molecule has 15 heavy (non-hydrogen) atoms. The van der Waals surface area contributed by atoms with Gasteiger partial charge in [-0.1, -0.05) is 30.3 Å². The van der Waals surface area contributed by atoms with Gasteiger partial charge in [0.2, 0.25) is 0 Å². The Kier molecular flexibility index (Phi) is 3.10. The van der Waals surface area contributed by atoms with Gasteiger partial charge in [0.1, 0.15) is 0 Å². The van der Waals surface area contributed by atoms with Gasteiger partial charge in [0.15, 0.2) is 0 Å². The van der Waals surface area contributed by atoms with Crippen LogP contribution in [0.5, 0.6) is 0 Å². The molecule has 0 aliphatic carbocycles. The minimum Gasteiger partial charge on any atom is -0.396 e. The fourth-order valence-electron chi connectivity index (χ4n) is 1.48. The van der Waals surface area contributed by atoms with Crippen LogP contribution in [0.2, 0.25) is 0 Å². The highest BCUT2D eigenvalue weighted by Crippen LogP contribution is 2.20. The zero-order chi connectivity index (χ0) is 10.5. The minimum absolute atomic E-state index is 0.150. The Morgan fingerprint density at radius 2 is 1.87 bits per heavy atom. The molecule has 2 rings (SSSR count). The van der Waals surface area contributed by atoms with Crippen molar-refractivity contribution in [1.82, 2.24) is 0 Å². The summed E-state index contributed by atoms with van der Waals surface area (Å²) in [7, 11) is 0. The number of hydrogen-bond donors (Lipinski definition) is 1. The zero-order valence-corrected chi connectivity index (χ0v) is 8.43. The lowest BCUT2D eigenvalue weighted by Gasteiger charge is -1.98. The van der Waals surface area contributed by atoms with Crippen LogP contribution in [-0.2, 0) is 0 Å². The van der Waals surface area contributed by atoms with E-state index in [1.165, 1.54) is 10.8 Å². The van der Waals surface area contributed by atoms with Crippen LogP contribution < -0.4 is 0 Å². The normalized spacial score (nSPS) is 11.3. The molecule has 0 spiro atoms. The first-order valence-electron chi connectivity index (χ1n) is 5.02. The number of nitrogens with zero attached hydrogens (tertiary/aromatic N) is 1. The van der Waals surface area contributed by atoms with Crippen LogP contribution in [0.1, 0.15) is 6.42 Å². The van der Waals surface area contributed by atoms with Gasteiger partial charge in [-0.15, -0.1) is 0 Å². The third-order valence-corrected chi connectivity index (χ3v) is 2.23. The third kappa shape index (κ3) is 2.42. The maximum absolute atomic E-state index is 8.62. The van der Waals surface area contributed by atoms with Crippen LogP contribution in [-0.4, -0.2) is 17.9 Å². The monoisotopic (exact) mass is 199 g/mol. The molecule has 0 radical (unpaired) electrons. The lowest BCUT2D eigenvalue weighted by molar-refractivity contribution is 0.308. The molecular weight excluding hydrogens is 186 g/mol. The van der Waals surface area contributed by atoms with Crippen molar-refractivity contribution in [1.29, 1.82) is 0 Å². The number of hydrogen-bond acceptors (Lipinski definition) is 2. The first-order chi connectivity index (χ1) is 7.40.